The van der Waals surface area contributed by atoms with E-state index in [-0.39, 0.29) is 35.7 Å². The number of benzene rings is 2. The molecule has 1 unspecified atom stereocenters. The molecule has 0 aromatic heterocycles. The Balaban J connectivity index is 1.81. The van der Waals surface area contributed by atoms with Crippen LogP contribution in [0.2, 0.25) is 0 Å². The number of aryl methyl sites for hydroxylation is 1. The van der Waals surface area contributed by atoms with Gasteiger partial charge in [-0.1, -0.05) is 26.0 Å². The van der Waals surface area contributed by atoms with Crippen LogP contribution in [0.4, 0.5) is 13.2 Å². The van der Waals surface area contributed by atoms with Gasteiger partial charge >= 0.3 is 0 Å². The first kappa shape index (κ1) is 23.2. The maximum absolute atomic E-state index is 13.9. The van der Waals surface area contributed by atoms with Crippen molar-refractivity contribution in [3.05, 3.63) is 70.5 Å². The molecule has 0 aliphatic carbocycles. The quantitative estimate of drug-likeness (QED) is 0.545. The molecule has 0 fully saturated rings. The van der Waals surface area contributed by atoms with E-state index in [0.29, 0.717) is 22.7 Å². The van der Waals surface area contributed by atoms with Gasteiger partial charge in [-0.2, -0.15) is 10.1 Å². The van der Waals surface area contributed by atoms with Crippen molar-refractivity contribution in [3.63, 3.8) is 0 Å². The van der Waals surface area contributed by atoms with E-state index in [1.54, 1.807) is 19.1 Å². The molecule has 6 nitrogen and oxygen atoms in total. The Morgan fingerprint density at radius 1 is 1.06 bits per heavy atom. The molecule has 0 saturated carbocycles. The Morgan fingerprint density at radius 3 is 2.47 bits per heavy atom. The van der Waals surface area contributed by atoms with E-state index in [2.05, 4.69) is 25.8 Å². The van der Waals surface area contributed by atoms with Gasteiger partial charge in [-0.25, -0.2) is 18.2 Å². The van der Waals surface area contributed by atoms with E-state index in [0.717, 1.165) is 12.1 Å². The molecule has 1 amide bonds. The van der Waals surface area contributed by atoms with E-state index in [1.165, 1.54) is 12.1 Å². The third kappa shape index (κ3) is 5.60. The monoisotopic (exact) mass is 443 g/mol. The first-order valence-electron chi connectivity index (χ1n) is 10.1. The highest BCUT2D eigenvalue weighted by Gasteiger charge is 2.19. The minimum Gasteiger partial charge on any atom is -0.291 e. The summed E-state index contributed by atoms with van der Waals surface area (Å²) in [5.41, 5.74) is 4.45. The fourth-order valence-electron chi connectivity index (χ4n) is 2.74. The van der Waals surface area contributed by atoms with Crippen molar-refractivity contribution in [2.75, 3.05) is 0 Å². The second kappa shape index (κ2) is 9.76. The number of hydrogen-bond acceptors (Lipinski definition) is 3. The predicted octanol–water partition coefficient (Wildman–Crippen LogP) is 4.34. The highest BCUT2D eigenvalue weighted by molar-refractivity contribution is 6.18. The van der Waals surface area contributed by atoms with Gasteiger partial charge in [-0.15, -0.1) is 0 Å². The molecule has 1 aliphatic rings. The van der Waals surface area contributed by atoms with Gasteiger partial charge in [0.05, 0.1) is 18.2 Å². The zero-order chi connectivity index (χ0) is 23.4. The van der Waals surface area contributed by atoms with Crippen molar-refractivity contribution in [2.45, 2.75) is 40.2 Å². The van der Waals surface area contributed by atoms with Crippen LogP contribution in [0.5, 0.6) is 0 Å². The largest absolute Gasteiger partial charge is 0.291 e. The first-order chi connectivity index (χ1) is 15.1. The summed E-state index contributed by atoms with van der Waals surface area (Å²) < 4.78 is 40.6. The molecule has 2 aromatic rings. The van der Waals surface area contributed by atoms with Crippen LogP contribution in [0, 0.1) is 30.3 Å². The zero-order valence-corrected chi connectivity index (χ0v) is 18.2. The minimum absolute atomic E-state index is 0.00923. The lowest BCUT2D eigenvalue weighted by atomic mass is 10.1. The van der Waals surface area contributed by atoms with Crippen LogP contribution in [-0.2, 0) is 0 Å². The molecular formula is C23H24F3N5O. The average Bonchev–Trinajstić information content (AvgIpc) is 3.20. The Bertz CT molecular complexity index is 1120. The molecular weight excluding hydrogens is 419 g/mol. The fraction of sp³-hybridized carbons (Fsp3) is 0.304. The van der Waals surface area contributed by atoms with E-state index >= 15 is 0 Å². The van der Waals surface area contributed by atoms with Crippen molar-refractivity contribution in [1.82, 2.24) is 10.7 Å². The van der Waals surface area contributed by atoms with Crippen LogP contribution in [0.25, 0.3) is 0 Å². The van der Waals surface area contributed by atoms with E-state index in [4.69, 9.17) is 0 Å². The fourth-order valence-corrected chi connectivity index (χ4v) is 2.74. The first-order valence-corrected chi connectivity index (χ1v) is 10.1. The summed E-state index contributed by atoms with van der Waals surface area (Å²) in [5.74, 6) is -2.60. The lowest BCUT2D eigenvalue weighted by molar-refractivity contribution is 0.0976. The standard InChI is InChI=1S/C23H24F3N5O/c1-12(2)14(4)27-23(29-22(32)16-7-8-17(24)19(26)10-16)28-21-11-20(30-31-21)15-6-5-13(3)18(25)9-15/h5-10,12,14H,11H2,1-4H3,(H2,27,28,29,31,32). The van der Waals surface area contributed by atoms with Gasteiger partial charge in [0.2, 0.25) is 5.96 Å². The predicted molar refractivity (Wildman–Crippen MR) is 118 cm³/mol. The van der Waals surface area contributed by atoms with Crippen molar-refractivity contribution in [1.29, 1.82) is 0 Å². The number of hydrogen-bond donors (Lipinski definition) is 2. The number of aliphatic imine (C=N–C) groups is 2. The summed E-state index contributed by atoms with van der Waals surface area (Å²) in [7, 11) is 0. The third-order valence-electron chi connectivity index (χ3n) is 5.10. The summed E-state index contributed by atoms with van der Waals surface area (Å²) in [6.45, 7) is 7.48. The molecule has 0 radical (unpaired) electrons. The Hall–Kier alpha value is -3.49. The molecule has 32 heavy (non-hydrogen) atoms. The van der Waals surface area contributed by atoms with Crippen LogP contribution < -0.4 is 10.7 Å². The third-order valence-corrected chi connectivity index (χ3v) is 5.10. The molecule has 3 rings (SSSR count). The lowest BCUT2D eigenvalue weighted by Crippen LogP contribution is -2.32. The van der Waals surface area contributed by atoms with Crippen molar-refractivity contribution in [3.8, 4) is 0 Å². The topological polar surface area (TPSA) is 78.2 Å². The number of halogens is 3. The van der Waals surface area contributed by atoms with Gasteiger partial charge in [0, 0.05) is 11.1 Å². The molecule has 0 saturated heterocycles. The Kier molecular flexibility index (Phi) is 7.07. The summed E-state index contributed by atoms with van der Waals surface area (Å²) >= 11 is 0. The molecule has 1 heterocycles. The van der Waals surface area contributed by atoms with Gasteiger partial charge in [-0.05, 0) is 49.6 Å². The van der Waals surface area contributed by atoms with Gasteiger partial charge in [0.1, 0.15) is 11.7 Å². The number of carbonyl (C=O) groups excluding carboxylic acids is 1. The summed E-state index contributed by atoms with van der Waals surface area (Å²) in [4.78, 5) is 21.4. The highest BCUT2D eigenvalue weighted by atomic mass is 19.2. The van der Waals surface area contributed by atoms with Crippen LogP contribution >= 0.6 is 0 Å². The number of amidine groups is 1. The number of rotatable bonds is 4. The minimum atomic E-state index is -1.13. The van der Waals surface area contributed by atoms with E-state index < -0.39 is 17.5 Å². The van der Waals surface area contributed by atoms with Crippen molar-refractivity contribution in [2.24, 2.45) is 21.0 Å². The Labute approximate surface area is 184 Å². The highest BCUT2D eigenvalue weighted by Crippen LogP contribution is 2.15. The molecule has 2 N–H and O–H groups in total. The van der Waals surface area contributed by atoms with Gasteiger partial charge < -0.3 is 0 Å². The summed E-state index contributed by atoms with van der Waals surface area (Å²) in [6, 6.07) is 7.52. The van der Waals surface area contributed by atoms with Crippen molar-refractivity contribution >= 4 is 23.4 Å². The number of nitrogens with zero attached hydrogens (tertiary/aromatic N) is 3. The number of hydrazone groups is 1. The second-order valence-corrected chi connectivity index (χ2v) is 7.89. The molecule has 168 valence electrons. The zero-order valence-electron chi connectivity index (χ0n) is 18.2. The van der Waals surface area contributed by atoms with E-state index in [1.807, 2.05) is 20.8 Å². The maximum atomic E-state index is 13.9. The number of carbonyl (C=O) groups is 1. The lowest BCUT2D eigenvalue weighted by Gasteiger charge is -2.13. The number of nitrogens with one attached hydrogen (secondary N) is 2. The number of amides is 1. The molecule has 1 atom stereocenters. The number of guanidine groups is 1. The van der Waals surface area contributed by atoms with Gasteiger partial charge in [-0.3, -0.25) is 15.5 Å². The van der Waals surface area contributed by atoms with Crippen molar-refractivity contribution < 1.29 is 18.0 Å². The van der Waals surface area contributed by atoms with Crippen LogP contribution in [0.15, 0.2) is 51.5 Å². The summed E-state index contributed by atoms with van der Waals surface area (Å²) in [5, 5.41) is 6.74. The Morgan fingerprint density at radius 2 is 1.81 bits per heavy atom. The molecule has 1 aliphatic heterocycles. The average molecular weight is 443 g/mol. The van der Waals surface area contributed by atoms with Gasteiger partial charge in [0.15, 0.2) is 11.6 Å². The van der Waals surface area contributed by atoms with E-state index in [9.17, 15) is 18.0 Å². The van der Waals surface area contributed by atoms with Gasteiger partial charge in [0.25, 0.3) is 5.91 Å². The molecule has 0 spiro atoms. The second-order valence-electron chi connectivity index (χ2n) is 7.89. The SMILES string of the molecule is Cc1ccc(C2=NNC(=NC(=NC(C)C(C)C)NC(=O)c3ccc(F)c(F)c3)C2)cc1F. The van der Waals surface area contributed by atoms with Crippen LogP contribution in [0.3, 0.4) is 0 Å². The molecule has 2 aromatic carbocycles. The van der Waals surface area contributed by atoms with Crippen LogP contribution in [-0.4, -0.2) is 29.5 Å². The smallest absolute Gasteiger partial charge is 0.258 e. The summed E-state index contributed by atoms with van der Waals surface area (Å²) in [6.07, 6.45) is 0.276. The maximum Gasteiger partial charge on any atom is 0.258 e. The van der Waals surface area contributed by atoms with Crippen LogP contribution in [0.1, 0.15) is 48.7 Å². The molecule has 0 bridgehead atoms. The normalized spacial score (nSPS) is 16.2. The molecule has 9 heteroatoms.